The van der Waals surface area contributed by atoms with Crippen LogP contribution in [0.25, 0.3) is 0 Å². The summed E-state index contributed by atoms with van der Waals surface area (Å²) in [6.45, 7) is 10.9. The third-order valence-electron chi connectivity index (χ3n) is 5.80. The van der Waals surface area contributed by atoms with Crippen LogP contribution in [-0.4, -0.2) is 52.1 Å². The topological polar surface area (TPSA) is 66.4 Å². The van der Waals surface area contributed by atoms with Gasteiger partial charge in [0.1, 0.15) is 11.6 Å². The lowest BCUT2D eigenvalue weighted by Gasteiger charge is -2.51. The molecule has 2 fully saturated rings. The number of aryl methyl sites for hydroxylation is 1. The van der Waals surface area contributed by atoms with Crippen molar-refractivity contribution in [2.24, 2.45) is 17.3 Å². The number of carbonyl (C=O) groups excluding carboxylic acids is 2. The maximum atomic E-state index is 12.6. The van der Waals surface area contributed by atoms with Gasteiger partial charge in [-0.05, 0) is 31.6 Å². The number of anilines is 1. The van der Waals surface area contributed by atoms with Gasteiger partial charge in [-0.3, -0.25) is 9.59 Å². The van der Waals surface area contributed by atoms with Crippen LogP contribution in [0.5, 0.6) is 0 Å². The van der Waals surface area contributed by atoms with Crippen LogP contribution in [0.3, 0.4) is 0 Å². The van der Waals surface area contributed by atoms with Crippen LogP contribution in [0, 0.1) is 24.2 Å². The summed E-state index contributed by atoms with van der Waals surface area (Å²) in [6.07, 6.45) is 1.42. The lowest BCUT2D eigenvalue weighted by Crippen LogP contribution is -2.52. The molecule has 1 aromatic heterocycles. The number of rotatable bonds is 4. The molecule has 0 N–H and O–H groups in total. The van der Waals surface area contributed by atoms with E-state index in [9.17, 15) is 9.59 Å². The number of hydrogen-bond acceptors (Lipinski definition) is 6. The predicted molar refractivity (Wildman–Crippen MR) is 94.1 cm³/mol. The van der Waals surface area contributed by atoms with E-state index in [1.54, 1.807) is 6.92 Å². The van der Waals surface area contributed by atoms with Crippen molar-refractivity contribution in [1.82, 2.24) is 14.3 Å². The summed E-state index contributed by atoms with van der Waals surface area (Å²) < 4.78 is 4.22. The molecule has 2 aliphatic rings. The molecule has 0 bridgehead atoms. The molecule has 1 saturated carbocycles. The van der Waals surface area contributed by atoms with E-state index in [4.69, 9.17) is 0 Å². The summed E-state index contributed by atoms with van der Waals surface area (Å²) in [4.78, 5) is 32.8. The number of Topliss-reactive ketones (excluding diaryl/α,β-unsaturated/α-hetero) is 1. The first-order valence-corrected chi connectivity index (χ1v) is 9.40. The zero-order valence-electron chi connectivity index (χ0n) is 14.9. The van der Waals surface area contributed by atoms with Crippen molar-refractivity contribution < 1.29 is 9.59 Å². The fourth-order valence-corrected chi connectivity index (χ4v) is 4.68. The van der Waals surface area contributed by atoms with E-state index < -0.39 is 0 Å². The fourth-order valence-electron chi connectivity index (χ4n) is 3.95. The molecule has 6 nitrogen and oxygen atoms in total. The summed E-state index contributed by atoms with van der Waals surface area (Å²) in [5.41, 5.74) is -0.0482. The molecule has 1 aromatic rings. The predicted octanol–water partition coefficient (Wildman–Crippen LogP) is 2.14. The second kappa shape index (κ2) is 6.43. The minimum atomic E-state index is -0.0482. The number of ketones is 1. The molecule has 1 saturated heterocycles. The quantitative estimate of drug-likeness (QED) is 0.832. The Balaban J connectivity index is 1.50. The number of nitrogens with zero attached hydrogens (tertiary/aromatic N) is 4. The van der Waals surface area contributed by atoms with Crippen LogP contribution in [0.15, 0.2) is 0 Å². The van der Waals surface area contributed by atoms with Gasteiger partial charge in [-0.1, -0.05) is 13.8 Å². The van der Waals surface area contributed by atoms with Crippen molar-refractivity contribution >= 4 is 28.4 Å². The van der Waals surface area contributed by atoms with E-state index in [0.717, 1.165) is 43.6 Å². The maximum Gasteiger partial charge on any atom is 0.222 e. The number of hydrogen-bond donors (Lipinski definition) is 0. The minimum absolute atomic E-state index is 0.0482. The van der Waals surface area contributed by atoms with Crippen LogP contribution < -0.4 is 4.90 Å². The average molecular weight is 350 g/mol. The van der Waals surface area contributed by atoms with Crippen LogP contribution in [-0.2, 0) is 9.59 Å². The Morgan fingerprint density at radius 3 is 2.42 bits per heavy atom. The fraction of sp³-hybridized carbons (Fsp3) is 0.765. The molecule has 0 unspecified atom stereocenters. The van der Waals surface area contributed by atoms with Crippen LogP contribution in [0.1, 0.15) is 39.4 Å². The molecule has 1 aliphatic carbocycles. The standard InChI is InChI=1S/C17H26N4O2S/c1-11(22)14-9-13(17(14,3)4)10-15(23)20-5-7-21(8-6-20)16-18-12(2)19-24-16/h13-14H,5-10H2,1-4H3/t13-,14+/m1/s1. The minimum Gasteiger partial charge on any atom is -0.343 e. The van der Waals surface area contributed by atoms with Gasteiger partial charge < -0.3 is 9.80 Å². The maximum absolute atomic E-state index is 12.6. The Bertz CT molecular complexity index is 634. The highest BCUT2D eigenvalue weighted by Crippen LogP contribution is 2.53. The summed E-state index contributed by atoms with van der Waals surface area (Å²) in [5, 5.41) is 0.948. The van der Waals surface area contributed by atoms with Gasteiger partial charge in [-0.15, -0.1) is 0 Å². The lowest BCUT2D eigenvalue weighted by atomic mass is 9.52. The zero-order valence-corrected chi connectivity index (χ0v) is 15.7. The zero-order chi connectivity index (χ0) is 17.5. The summed E-state index contributed by atoms with van der Waals surface area (Å²) in [6, 6.07) is 0. The van der Waals surface area contributed by atoms with Crippen molar-refractivity contribution in [3.05, 3.63) is 5.82 Å². The molecule has 2 atom stereocenters. The smallest absolute Gasteiger partial charge is 0.222 e. The Labute approximate surface area is 147 Å². The van der Waals surface area contributed by atoms with E-state index >= 15 is 0 Å². The highest BCUT2D eigenvalue weighted by Gasteiger charge is 2.50. The SMILES string of the molecule is CC(=O)[C@@H]1C[C@H](CC(=O)N2CCN(c3nc(C)ns3)CC2)C1(C)C. The molecular formula is C17H26N4O2S. The van der Waals surface area contributed by atoms with Crippen molar-refractivity contribution in [1.29, 1.82) is 0 Å². The van der Waals surface area contributed by atoms with Crippen LogP contribution >= 0.6 is 11.5 Å². The van der Waals surface area contributed by atoms with E-state index in [1.165, 1.54) is 11.5 Å². The lowest BCUT2D eigenvalue weighted by molar-refractivity contribution is -0.145. The number of piperazine rings is 1. The summed E-state index contributed by atoms with van der Waals surface area (Å²) in [5.74, 6) is 1.73. The van der Waals surface area contributed by atoms with E-state index in [0.29, 0.717) is 12.3 Å². The highest BCUT2D eigenvalue weighted by molar-refractivity contribution is 7.09. The first kappa shape index (κ1) is 17.3. The highest BCUT2D eigenvalue weighted by atomic mass is 32.1. The van der Waals surface area contributed by atoms with Crippen molar-refractivity contribution in [2.45, 2.75) is 40.5 Å². The Kier molecular flexibility index (Phi) is 4.64. The number of amides is 1. The molecule has 24 heavy (non-hydrogen) atoms. The van der Waals surface area contributed by atoms with Gasteiger partial charge >= 0.3 is 0 Å². The third kappa shape index (κ3) is 3.18. The number of carbonyl (C=O) groups is 2. The normalized spacial score (nSPS) is 26.2. The number of aromatic nitrogens is 2. The van der Waals surface area contributed by atoms with Crippen molar-refractivity contribution in [2.75, 3.05) is 31.1 Å². The Morgan fingerprint density at radius 2 is 1.92 bits per heavy atom. The van der Waals surface area contributed by atoms with Gasteiger partial charge in [0.05, 0.1) is 0 Å². The van der Waals surface area contributed by atoms with E-state index in [1.807, 2.05) is 11.8 Å². The van der Waals surface area contributed by atoms with Crippen LogP contribution in [0.4, 0.5) is 5.13 Å². The van der Waals surface area contributed by atoms with E-state index in [-0.39, 0.29) is 23.0 Å². The van der Waals surface area contributed by atoms with Gasteiger partial charge in [-0.25, -0.2) is 4.98 Å². The van der Waals surface area contributed by atoms with Gasteiger partial charge in [-0.2, -0.15) is 4.37 Å². The monoisotopic (exact) mass is 350 g/mol. The molecule has 2 heterocycles. The second-order valence-corrected chi connectivity index (χ2v) is 8.34. The Morgan fingerprint density at radius 1 is 1.25 bits per heavy atom. The molecule has 1 amide bonds. The van der Waals surface area contributed by atoms with Gasteiger partial charge in [0.2, 0.25) is 11.0 Å². The molecule has 3 rings (SSSR count). The van der Waals surface area contributed by atoms with Crippen LogP contribution in [0.2, 0.25) is 0 Å². The molecule has 132 valence electrons. The second-order valence-electron chi connectivity index (χ2n) is 7.61. The van der Waals surface area contributed by atoms with Gasteiger partial charge in [0.15, 0.2) is 0 Å². The first-order chi connectivity index (χ1) is 11.3. The Hall–Kier alpha value is -1.50. The summed E-state index contributed by atoms with van der Waals surface area (Å²) in [7, 11) is 0. The van der Waals surface area contributed by atoms with Gasteiger partial charge in [0, 0.05) is 50.1 Å². The van der Waals surface area contributed by atoms with E-state index in [2.05, 4.69) is 28.1 Å². The van der Waals surface area contributed by atoms with Crippen molar-refractivity contribution in [3.8, 4) is 0 Å². The van der Waals surface area contributed by atoms with Gasteiger partial charge in [0.25, 0.3) is 0 Å². The third-order valence-corrected chi connectivity index (χ3v) is 6.67. The largest absolute Gasteiger partial charge is 0.343 e. The van der Waals surface area contributed by atoms with Crippen molar-refractivity contribution in [3.63, 3.8) is 0 Å². The molecule has 1 aliphatic heterocycles. The average Bonchev–Trinajstić information content (AvgIpc) is 2.97. The summed E-state index contributed by atoms with van der Waals surface area (Å²) >= 11 is 1.42. The molecule has 0 spiro atoms. The first-order valence-electron chi connectivity index (χ1n) is 8.62. The molecule has 7 heteroatoms. The molecular weight excluding hydrogens is 324 g/mol. The molecule has 0 radical (unpaired) electrons. The molecule has 0 aromatic carbocycles.